The molecule has 0 rings (SSSR count). The molecular formula is C46H80O14P2. The summed E-state index contributed by atoms with van der Waals surface area (Å²) in [6.07, 6.45) is 42.4. The Hall–Kier alpha value is -2.48. The number of carbonyl (C=O) groups excluding carboxylic acids is 2. The fourth-order valence-electron chi connectivity index (χ4n) is 5.69. The second kappa shape index (κ2) is 41.2. The molecule has 0 amide bonds. The van der Waals surface area contributed by atoms with E-state index in [0.29, 0.717) is 25.7 Å². The zero-order valence-corrected chi connectivity index (χ0v) is 39.3. The normalized spacial score (nSPS) is 15.1. The van der Waals surface area contributed by atoms with Crippen molar-refractivity contribution in [2.45, 2.75) is 180 Å². The molecule has 0 radical (unpaired) electrons. The van der Waals surface area contributed by atoms with E-state index in [-0.39, 0.29) is 12.8 Å². The van der Waals surface area contributed by atoms with Gasteiger partial charge in [0, 0.05) is 12.8 Å². The first-order valence-corrected chi connectivity index (χ1v) is 25.8. The Morgan fingerprint density at radius 2 is 1.06 bits per heavy atom. The van der Waals surface area contributed by atoms with Gasteiger partial charge in [0.15, 0.2) is 6.10 Å². The standard InChI is InChI=1S/C46H80O14P2/c1-3-5-7-8-9-10-11-12-13-14-15-16-20-23-26-29-32-36-45(49)56-40-44(41-59-62(54,55)58-39-43(48)38-57-61(51,52)53)60-46(50)37-33-30-27-24-21-18-17-19-22-25-28-31-35-42(47)34-6-4-2/h6,12-13,17-18,22,24-25,27-28,31,34,42-44,47-48H,3-5,7-11,14-16,19-21,23,26,29-30,32-33,35-41H2,1-2H3,(H,54,55)(H2,51,52,53)/b13-12-,18-17-,25-22-,27-24-,31-28+,34-6-/t42?,43-,44+/m0/s1. The largest absolute Gasteiger partial charge is 0.472 e. The molecule has 0 aromatic rings. The summed E-state index contributed by atoms with van der Waals surface area (Å²) in [7, 11) is -9.72. The van der Waals surface area contributed by atoms with Gasteiger partial charge in [-0.25, -0.2) is 9.13 Å². The number of hydrogen-bond donors (Lipinski definition) is 5. The van der Waals surface area contributed by atoms with Crippen LogP contribution in [0, 0.1) is 0 Å². The van der Waals surface area contributed by atoms with Crippen molar-refractivity contribution in [3.8, 4) is 0 Å². The summed E-state index contributed by atoms with van der Waals surface area (Å²) >= 11 is 0. The molecule has 62 heavy (non-hydrogen) atoms. The highest BCUT2D eigenvalue weighted by Crippen LogP contribution is 2.43. The number of allylic oxidation sites excluding steroid dienone is 10. The Bertz CT molecular complexity index is 1390. The van der Waals surface area contributed by atoms with Crippen molar-refractivity contribution in [1.29, 1.82) is 0 Å². The predicted molar refractivity (Wildman–Crippen MR) is 245 cm³/mol. The molecule has 16 heteroatoms. The van der Waals surface area contributed by atoms with Crippen LogP contribution in [0.15, 0.2) is 72.9 Å². The zero-order chi connectivity index (χ0) is 46.0. The maximum atomic E-state index is 12.7. The molecule has 0 aliphatic heterocycles. The van der Waals surface area contributed by atoms with Gasteiger partial charge in [-0.05, 0) is 70.6 Å². The third kappa shape index (κ3) is 44.1. The van der Waals surface area contributed by atoms with E-state index in [1.54, 1.807) is 6.08 Å². The maximum absolute atomic E-state index is 12.7. The summed E-state index contributed by atoms with van der Waals surface area (Å²) in [4.78, 5) is 52.7. The Morgan fingerprint density at radius 1 is 0.548 bits per heavy atom. The first kappa shape index (κ1) is 59.5. The third-order valence-corrected chi connectivity index (χ3v) is 10.6. The van der Waals surface area contributed by atoms with Gasteiger partial charge in [0.2, 0.25) is 0 Å². The van der Waals surface area contributed by atoms with Crippen molar-refractivity contribution in [2.75, 3.05) is 26.4 Å². The number of aliphatic hydroxyl groups is 2. The van der Waals surface area contributed by atoms with Crippen LogP contribution in [-0.4, -0.2) is 81.6 Å². The Labute approximate surface area is 372 Å². The van der Waals surface area contributed by atoms with Gasteiger partial charge >= 0.3 is 27.6 Å². The summed E-state index contributed by atoms with van der Waals surface area (Å²) in [5.74, 6) is -1.13. The van der Waals surface area contributed by atoms with E-state index in [9.17, 15) is 33.8 Å². The molecule has 0 saturated carbocycles. The Kier molecular flexibility index (Phi) is 39.6. The van der Waals surface area contributed by atoms with Gasteiger partial charge in [-0.1, -0.05) is 151 Å². The van der Waals surface area contributed by atoms with E-state index >= 15 is 0 Å². The lowest BCUT2D eigenvalue weighted by Gasteiger charge is -2.20. The highest BCUT2D eigenvalue weighted by molar-refractivity contribution is 7.47. The molecule has 0 aliphatic rings. The quantitative estimate of drug-likeness (QED) is 0.0127. The summed E-state index contributed by atoms with van der Waals surface area (Å²) in [6, 6.07) is 0. The van der Waals surface area contributed by atoms with Crippen molar-refractivity contribution < 1.29 is 66.7 Å². The molecule has 0 aliphatic carbocycles. The number of esters is 2. The van der Waals surface area contributed by atoms with Gasteiger partial charge in [0.25, 0.3) is 0 Å². The summed E-state index contributed by atoms with van der Waals surface area (Å²) in [5, 5.41) is 19.5. The number of carbonyl (C=O) groups is 2. The molecule has 14 nitrogen and oxygen atoms in total. The van der Waals surface area contributed by atoms with Gasteiger partial charge < -0.3 is 34.4 Å². The monoisotopic (exact) mass is 919 g/mol. The van der Waals surface area contributed by atoms with Gasteiger partial charge in [-0.2, -0.15) is 0 Å². The number of hydrogen-bond acceptors (Lipinski definition) is 11. The van der Waals surface area contributed by atoms with Crippen molar-refractivity contribution in [2.24, 2.45) is 0 Å². The van der Waals surface area contributed by atoms with E-state index in [4.69, 9.17) is 23.8 Å². The maximum Gasteiger partial charge on any atom is 0.472 e. The summed E-state index contributed by atoms with van der Waals surface area (Å²) in [5.41, 5.74) is 0. The number of phosphoric ester groups is 2. The Balaban J connectivity index is 4.63. The van der Waals surface area contributed by atoms with Crippen LogP contribution >= 0.6 is 15.6 Å². The molecule has 0 aromatic carbocycles. The van der Waals surface area contributed by atoms with Crippen LogP contribution in [0.25, 0.3) is 0 Å². The van der Waals surface area contributed by atoms with E-state index in [1.807, 2.05) is 61.6 Å². The van der Waals surface area contributed by atoms with E-state index in [0.717, 1.165) is 51.4 Å². The zero-order valence-electron chi connectivity index (χ0n) is 37.6. The first-order chi connectivity index (χ1) is 29.8. The molecule has 0 aromatic heterocycles. The predicted octanol–water partition coefficient (Wildman–Crippen LogP) is 10.8. The lowest BCUT2D eigenvalue weighted by atomic mass is 10.1. The van der Waals surface area contributed by atoms with E-state index in [2.05, 4.69) is 28.1 Å². The average molecular weight is 919 g/mol. The highest BCUT2D eigenvalue weighted by Gasteiger charge is 2.28. The van der Waals surface area contributed by atoms with Crippen LogP contribution in [0.4, 0.5) is 0 Å². The molecule has 0 heterocycles. The topological polar surface area (TPSA) is 216 Å². The molecule has 2 unspecified atom stereocenters. The number of unbranched alkanes of at least 4 members (excludes halogenated alkanes) is 14. The second-order valence-corrected chi connectivity index (χ2v) is 17.8. The van der Waals surface area contributed by atoms with Gasteiger partial charge in [-0.3, -0.25) is 23.2 Å². The van der Waals surface area contributed by atoms with E-state index < -0.39 is 72.3 Å². The lowest BCUT2D eigenvalue weighted by molar-refractivity contribution is -0.161. The minimum Gasteiger partial charge on any atom is -0.462 e. The molecule has 358 valence electrons. The number of aliphatic hydroxyl groups excluding tert-OH is 2. The van der Waals surface area contributed by atoms with Crippen LogP contribution in [0.2, 0.25) is 0 Å². The summed E-state index contributed by atoms with van der Waals surface area (Å²) < 4.78 is 47.7. The van der Waals surface area contributed by atoms with Gasteiger partial charge in [0.05, 0.1) is 25.9 Å². The Morgan fingerprint density at radius 3 is 1.71 bits per heavy atom. The molecular weight excluding hydrogens is 838 g/mol. The van der Waals surface area contributed by atoms with Crippen LogP contribution in [0.3, 0.4) is 0 Å². The molecule has 0 spiro atoms. The third-order valence-electron chi connectivity index (χ3n) is 9.14. The second-order valence-electron chi connectivity index (χ2n) is 15.1. The molecule has 0 saturated heterocycles. The molecule has 5 N–H and O–H groups in total. The SMILES string of the molecule is CC/C=C\C(O)C/C=C/C=C\C/C=C\C/C=C\CCCC(=O)O[C@H](COC(=O)CCCCCCCCC/C=C\CCCCCCCC)COP(=O)(O)OC[C@@H](O)COP(=O)(O)O. The van der Waals surface area contributed by atoms with Crippen molar-refractivity contribution in [3.05, 3.63) is 72.9 Å². The number of phosphoric acid groups is 2. The van der Waals surface area contributed by atoms with Crippen LogP contribution in [0.5, 0.6) is 0 Å². The smallest absolute Gasteiger partial charge is 0.462 e. The summed E-state index contributed by atoms with van der Waals surface area (Å²) in [6.45, 7) is 1.44. The van der Waals surface area contributed by atoms with Crippen molar-refractivity contribution >= 4 is 27.6 Å². The lowest BCUT2D eigenvalue weighted by Crippen LogP contribution is -2.29. The fraction of sp³-hybridized carbons (Fsp3) is 0.696. The first-order valence-electron chi connectivity index (χ1n) is 22.7. The minimum absolute atomic E-state index is 0.0316. The van der Waals surface area contributed by atoms with Gasteiger partial charge in [0.1, 0.15) is 12.7 Å². The van der Waals surface area contributed by atoms with E-state index in [1.165, 1.54) is 57.8 Å². The fourth-order valence-corrected chi connectivity index (χ4v) is 6.85. The highest BCUT2D eigenvalue weighted by atomic mass is 31.2. The van der Waals surface area contributed by atoms with Crippen LogP contribution in [-0.2, 0) is 41.8 Å². The number of rotatable bonds is 42. The van der Waals surface area contributed by atoms with Crippen LogP contribution in [0.1, 0.15) is 162 Å². The minimum atomic E-state index is -4.88. The van der Waals surface area contributed by atoms with Crippen LogP contribution < -0.4 is 0 Å². The van der Waals surface area contributed by atoms with Crippen molar-refractivity contribution in [1.82, 2.24) is 0 Å². The molecule has 0 bridgehead atoms. The van der Waals surface area contributed by atoms with Crippen molar-refractivity contribution in [3.63, 3.8) is 0 Å². The number of ether oxygens (including phenoxy) is 2. The molecule has 4 atom stereocenters. The van der Waals surface area contributed by atoms with Gasteiger partial charge in [-0.15, -0.1) is 0 Å². The average Bonchev–Trinajstić information content (AvgIpc) is 3.23. The molecule has 0 fully saturated rings.